The fourth-order valence-corrected chi connectivity index (χ4v) is 2.61. The van der Waals surface area contributed by atoms with E-state index in [1.165, 1.54) is 0 Å². The fourth-order valence-electron chi connectivity index (χ4n) is 2.61. The van der Waals surface area contributed by atoms with Crippen LogP contribution in [0.15, 0.2) is 10.9 Å². The molecule has 4 heteroatoms. The van der Waals surface area contributed by atoms with Crippen molar-refractivity contribution < 1.29 is 4.79 Å². The van der Waals surface area contributed by atoms with Crippen molar-refractivity contribution >= 4 is 5.91 Å². The molecule has 0 bridgehead atoms. The Hall–Kier alpha value is -1.58. The summed E-state index contributed by atoms with van der Waals surface area (Å²) < 4.78 is 1.55. The van der Waals surface area contributed by atoms with Gasteiger partial charge in [-0.05, 0) is 44.2 Å². The number of carbonyl (C=O) groups is 1. The third-order valence-electron chi connectivity index (χ3n) is 4.15. The lowest BCUT2D eigenvalue weighted by atomic mass is 9.98. The molecule has 4 nitrogen and oxygen atoms in total. The van der Waals surface area contributed by atoms with E-state index in [4.69, 9.17) is 0 Å². The zero-order valence-corrected chi connectivity index (χ0v) is 12.2. The molecule has 0 aromatic carbocycles. The number of piperidine rings is 1. The first kappa shape index (κ1) is 13.8. The SMILES string of the molecule is Cc1cc(C)n(C)c(=O)c1C(=O)N1CCC(C)CC1. The van der Waals surface area contributed by atoms with Gasteiger partial charge in [0, 0.05) is 25.8 Å². The second-order valence-electron chi connectivity index (χ2n) is 5.68. The third kappa shape index (κ3) is 2.57. The van der Waals surface area contributed by atoms with Gasteiger partial charge in [-0.15, -0.1) is 0 Å². The molecule has 0 radical (unpaired) electrons. The zero-order valence-electron chi connectivity index (χ0n) is 12.2. The maximum absolute atomic E-state index is 12.5. The standard InChI is InChI=1S/C15H22N2O2/c1-10-5-7-17(8-6-10)15(19)13-11(2)9-12(3)16(4)14(13)18/h9-10H,5-8H2,1-4H3. The molecule has 0 spiro atoms. The van der Waals surface area contributed by atoms with Crippen LogP contribution in [0.5, 0.6) is 0 Å². The van der Waals surface area contributed by atoms with Crippen molar-refractivity contribution in [3.63, 3.8) is 0 Å². The van der Waals surface area contributed by atoms with Crippen LogP contribution in [0.2, 0.25) is 0 Å². The summed E-state index contributed by atoms with van der Waals surface area (Å²) in [7, 11) is 1.71. The van der Waals surface area contributed by atoms with Crippen molar-refractivity contribution in [3.8, 4) is 0 Å². The predicted octanol–water partition coefficient (Wildman–Crippen LogP) is 1.87. The van der Waals surface area contributed by atoms with E-state index in [0.29, 0.717) is 11.5 Å². The van der Waals surface area contributed by atoms with Gasteiger partial charge in [0.2, 0.25) is 0 Å². The first-order chi connectivity index (χ1) is 8.91. The minimum absolute atomic E-state index is 0.106. The van der Waals surface area contributed by atoms with Crippen LogP contribution in [0, 0.1) is 19.8 Å². The summed E-state index contributed by atoms with van der Waals surface area (Å²) >= 11 is 0. The Morgan fingerprint density at radius 1 is 1.26 bits per heavy atom. The highest BCUT2D eigenvalue weighted by Crippen LogP contribution is 2.18. The molecule has 2 rings (SSSR count). The molecule has 104 valence electrons. The maximum atomic E-state index is 12.5. The van der Waals surface area contributed by atoms with Gasteiger partial charge >= 0.3 is 0 Å². The summed E-state index contributed by atoms with van der Waals surface area (Å²) in [5.74, 6) is 0.566. The lowest BCUT2D eigenvalue weighted by Crippen LogP contribution is -2.41. The van der Waals surface area contributed by atoms with Crippen LogP contribution in [-0.2, 0) is 7.05 Å². The Morgan fingerprint density at radius 3 is 2.42 bits per heavy atom. The van der Waals surface area contributed by atoms with Crippen molar-refractivity contribution in [3.05, 3.63) is 33.2 Å². The van der Waals surface area contributed by atoms with E-state index in [9.17, 15) is 9.59 Å². The Kier molecular flexibility index (Phi) is 3.78. The summed E-state index contributed by atoms with van der Waals surface area (Å²) in [6.45, 7) is 7.45. The summed E-state index contributed by atoms with van der Waals surface area (Å²) in [6.07, 6.45) is 2.05. The number of likely N-dealkylation sites (tertiary alicyclic amines) is 1. The van der Waals surface area contributed by atoms with Crippen LogP contribution in [0.25, 0.3) is 0 Å². The lowest BCUT2D eigenvalue weighted by Gasteiger charge is -2.30. The summed E-state index contributed by atoms with van der Waals surface area (Å²) in [5, 5.41) is 0. The number of hydrogen-bond acceptors (Lipinski definition) is 2. The minimum Gasteiger partial charge on any atom is -0.338 e. The molecule has 1 aromatic rings. The molecule has 0 atom stereocenters. The van der Waals surface area contributed by atoms with Crippen LogP contribution in [0.3, 0.4) is 0 Å². The van der Waals surface area contributed by atoms with Gasteiger partial charge in [-0.2, -0.15) is 0 Å². The van der Waals surface area contributed by atoms with Crippen LogP contribution in [0.1, 0.15) is 41.4 Å². The van der Waals surface area contributed by atoms with E-state index >= 15 is 0 Å². The van der Waals surface area contributed by atoms with Gasteiger partial charge in [-0.1, -0.05) is 6.92 Å². The Labute approximate surface area is 114 Å². The van der Waals surface area contributed by atoms with Crippen molar-refractivity contribution in [2.45, 2.75) is 33.6 Å². The van der Waals surface area contributed by atoms with E-state index in [-0.39, 0.29) is 11.5 Å². The molecular weight excluding hydrogens is 240 g/mol. The van der Waals surface area contributed by atoms with E-state index < -0.39 is 0 Å². The van der Waals surface area contributed by atoms with Gasteiger partial charge in [-0.3, -0.25) is 9.59 Å². The van der Waals surface area contributed by atoms with E-state index in [1.807, 2.05) is 24.8 Å². The quantitative estimate of drug-likeness (QED) is 0.775. The van der Waals surface area contributed by atoms with Crippen molar-refractivity contribution in [1.29, 1.82) is 0 Å². The number of aromatic nitrogens is 1. The van der Waals surface area contributed by atoms with Gasteiger partial charge < -0.3 is 9.47 Å². The van der Waals surface area contributed by atoms with Crippen LogP contribution in [0.4, 0.5) is 0 Å². The average Bonchev–Trinajstić information content (AvgIpc) is 2.37. The smallest absolute Gasteiger partial charge is 0.263 e. The molecule has 1 amide bonds. The lowest BCUT2D eigenvalue weighted by molar-refractivity contribution is 0.0694. The number of carbonyl (C=O) groups excluding carboxylic acids is 1. The first-order valence-corrected chi connectivity index (χ1v) is 6.88. The van der Waals surface area contributed by atoms with Gasteiger partial charge in [0.15, 0.2) is 0 Å². The maximum Gasteiger partial charge on any atom is 0.263 e. The number of amides is 1. The fraction of sp³-hybridized carbons (Fsp3) is 0.600. The molecule has 0 saturated carbocycles. The molecule has 1 aliphatic rings. The topological polar surface area (TPSA) is 42.3 Å². The number of rotatable bonds is 1. The Bertz CT molecular complexity index is 552. The monoisotopic (exact) mass is 262 g/mol. The summed E-state index contributed by atoms with van der Waals surface area (Å²) in [4.78, 5) is 26.6. The Morgan fingerprint density at radius 2 is 1.84 bits per heavy atom. The van der Waals surface area contributed by atoms with Crippen molar-refractivity contribution in [2.75, 3.05) is 13.1 Å². The van der Waals surface area contributed by atoms with E-state index in [1.54, 1.807) is 11.6 Å². The van der Waals surface area contributed by atoms with E-state index in [2.05, 4.69) is 6.92 Å². The second kappa shape index (κ2) is 5.19. The van der Waals surface area contributed by atoms with Crippen LogP contribution < -0.4 is 5.56 Å². The highest BCUT2D eigenvalue weighted by Gasteiger charge is 2.25. The summed E-state index contributed by atoms with van der Waals surface area (Å²) in [5.41, 5.74) is 1.82. The minimum atomic E-state index is -0.180. The second-order valence-corrected chi connectivity index (χ2v) is 5.68. The van der Waals surface area contributed by atoms with Gasteiger partial charge in [0.1, 0.15) is 5.56 Å². The molecule has 1 saturated heterocycles. The van der Waals surface area contributed by atoms with Crippen molar-refractivity contribution in [2.24, 2.45) is 13.0 Å². The number of pyridine rings is 1. The van der Waals surface area contributed by atoms with E-state index in [0.717, 1.165) is 37.2 Å². The Balaban J connectivity index is 2.35. The summed E-state index contributed by atoms with van der Waals surface area (Å²) in [6, 6.07) is 1.90. The highest BCUT2D eigenvalue weighted by atomic mass is 16.2. The molecule has 19 heavy (non-hydrogen) atoms. The van der Waals surface area contributed by atoms with Crippen molar-refractivity contribution in [1.82, 2.24) is 9.47 Å². The number of aryl methyl sites for hydroxylation is 2. The largest absolute Gasteiger partial charge is 0.338 e. The van der Waals surface area contributed by atoms with Gasteiger partial charge in [0.25, 0.3) is 11.5 Å². The zero-order chi connectivity index (χ0) is 14.2. The number of nitrogens with zero attached hydrogens (tertiary/aromatic N) is 2. The third-order valence-corrected chi connectivity index (χ3v) is 4.15. The molecule has 0 N–H and O–H groups in total. The molecule has 1 aromatic heterocycles. The molecule has 0 unspecified atom stereocenters. The molecule has 1 fully saturated rings. The molecule has 0 aliphatic carbocycles. The molecular formula is C15H22N2O2. The van der Waals surface area contributed by atoms with Gasteiger partial charge in [0.05, 0.1) is 0 Å². The molecule has 2 heterocycles. The molecule has 1 aliphatic heterocycles. The highest BCUT2D eigenvalue weighted by molar-refractivity contribution is 5.95. The van der Waals surface area contributed by atoms with Crippen LogP contribution in [-0.4, -0.2) is 28.5 Å². The predicted molar refractivity (Wildman–Crippen MR) is 75.5 cm³/mol. The van der Waals surface area contributed by atoms with Gasteiger partial charge in [-0.25, -0.2) is 0 Å². The normalized spacial score (nSPS) is 16.7. The number of hydrogen-bond donors (Lipinski definition) is 0. The average molecular weight is 262 g/mol. The van der Waals surface area contributed by atoms with Crippen LogP contribution >= 0.6 is 0 Å². The first-order valence-electron chi connectivity index (χ1n) is 6.88.